The van der Waals surface area contributed by atoms with Gasteiger partial charge in [0.15, 0.2) is 0 Å². The van der Waals surface area contributed by atoms with E-state index in [1.54, 1.807) is 12.1 Å². The molecule has 0 atom stereocenters. The van der Waals surface area contributed by atoms with Crippen molar-refractivity contribution >= 4 is 17.6 Å². The Balaban J connectivity index is 1.65. The van der Waals surface area contributed by atoms with Crippen molar-refractivity contribution in [3.05, 3.63) is 95.6 Å². The molecule has 4 nitrogen and oxygen atoms in total. The summed E-state index contributed by atoms with van der Waals surface area (Å²) in [4.78, 5) is 23.4. The number of anilines is 1. The van der Waals surface area contributed by atoms with E-state index >= 15 is 0 Å². The van der Waals surface area contributed by atoms with E-state index < -0.39 is 0 Å². The molecule has 0 bridgehead atoms. The molecule has 0 aliphatic heterocycles. The number of amides is 1. The van der Waals surface area contributed by atoms with Gasteiger partial charge in [0.25, 0.3) is 0 Å². The number of hydrogen-bond acceptors (Lipinski definition) is 3. The molecule has 0 unspecified atom stereocenters. The van der Waals surface area contributed by atoms with Crippen LogP contribution >= 0.6 is 0 Å². The number of para-hydroxylation sites is 1. The predicted molar refractivity (Wildman–Crippen MR) is 106 cm³/mol. The Bertz CT molecular complexity index is 918. The van der Waals surface area contributed by atoms with E-state index in [0.717, 1.165) is 16.7 Å². The van der Waals surface area contributed by atoms with Crippen LogP contribution in [0.4, 0.5) is 5.69 Å². The molecule has 0 heterocycles. The molecule has 0 fully saturated rings. The van der Waals surface area contributed by atoms with Gasteiger partial charge in [-0.1, -0.05) is 60.7 Å². The minimum absolute atomic E-state index is 0.128. The van der Waals surface area contributed by atoms with Crippen molar-refractivity contribution in [3.63, 3.8) is 0 Å². The number of ether oxygens (including phenoxy) is 1. The second-order valence-corrected chi connectivity index (χ2v) is 6.30. The highest BCUT2D eigenvalue weighted by Gasteiger charge is 2.11. The van der Waals surface area contributed by atoms with E-state index in [1.807, 2.05) is 54.6 Å². The first-order chi connectivity index (χ1) is 13.1. The SMILES string of the molecule is CC(=O)Nc1ccc(CC(=O)Oc2ccccc2Cc2ccccc2)cc1. The van der Waals surface area contributed by atoms with E-state index in [9.17, 15) is 9.59 Å². The minimum atomic E-state index is -0.317. The van der Waals surface area contributed by atoms with Crippen LogP contribution in [-0.4, -0.2) is 11.9 Å². The highest BCUT2D eigenvalue weighted by molar-refractivity contribution is 5.88. The highest BCUT2D eigenvalue weighted by Crippen LogP contribution is 2.22. The van der Waals surface area contributed by atoms with Crippen molar-refractivity contribution in [2.45, 2.75) is 19.8 Å². The lowest BCUT2D eigenvalue weighted by atomic mass is 10.0. The number of hydrogen-bond donors (Lipinski definition) is 1. The third-order valence-electron chi connectivity index (χ3n) is 4.06. The van der Waals surface area contributed by atoms with Gasteiger partial charge < -0.3 is 10.1 Å². The smallest absolute Gasteiger partial charge is 0.315 e. The van der Waals surface area contributed by atoms with E-state index in [-0.39, 0.29) is 18.3 Å². The number of rotatable bonds is 6. The van der Waals surface area contributed by atoms with Crippen molar-refractivity contribution < 1.29 is 14.3 Å². The first kappa shape index (κ1) is 18.4. The lowest BCUT2D eigenvalue weighted by Crippen LogP contribution is -2.12. The van der Waals surface area contributed by atoms with Gasteiger partial charge in [-0.15, -0.1) is 0 Å². The number of carbonyl (C=O) groups is 2. The van der Waals surface area contributed by atoms with E-state index in [1.165, 1.54) is 6.92 Å². The topological polar surface area (TPSA) is 55.4 Å². The van der Waals surface area contributed by atoms with Crippen LogP contribution in [0.15, 0.2) is 78.9 Å². The summed E-state index contributed by atoms with van der Waals surface area (Å²) in [5.74, 6) is 0.140. The molecule has 0 radical (unpaired) electrons. The third-order valence-corrected chi connectivity index (χ3v) is 4.06. The maximum atomic E-state index is 12.4. The Morgan fingerprint density at radius 1 is 0.815 bits per heavy atom. The third kappa shape index (κ3) is 5.54. The van der Waals surface area contributed by atoms with Crippen LogP contribution in [0.5, 0.6) is 5.75 Å². The zero-order chi connectivity index (χ0) is 19.1. The van der Waals surface area contributed by atoms with E-state index in [2.05, 4.69) is 17.4 Å². The summed E-state index contributed by atoms with van der Waals surface area (Å²) >= 11 is 0. The summed E-state index contributed by atoms with van der Waals surface area (Å²) in [6, 6.07) is 24.8. The summed E-state index contributed by atoms with van der Waals surface area (Å²) in [7, 11) is 0. The quantitative estimate of drug-likeness (QED) is 0.525. The number of benzene rings is 3. The molecule has 3 rings (SSSR count). The van der Waals surface area contributed by atoms with Crippen LogP contribution in [-0.2, 0) is 22.4 Å². The predicted octanol–water partition coefficient (Wildman–Crippen LogP) is 4.38. The van der Waals surface area contributed by atoms with Crippen molar-refractivity contribution in [3.8, 4) is 5.75 Å². The van der Waals surface area contributed by atoms with Gasteiger partial charge in [0.05, 0.1) is 6.42 Å². The normalized spacial score (nSPS) is 10.3. The zero-order valence-electron chi connectivity index (χ0n) is 15.1. The summed E-state index contributed by atoms with van der Waals surface area (Å²) < 4.78 is 5.61. The molecule has 3 aromatic carbocycles. The van der Waals surface area contributed by atoms with Gasteiger partial charge in [0.1, 0.15) is 5.75 Å². The first-order valence-corrected chi connectivity index (χ1v) is 8.79. The molecule has 0 aliphatic rings. The first-order valence-electron chi connectivity index (χ1n) is 8.79. The van der Waals surface area contributed by atoms with Crippen LogP contribution < -0.4 is 10.1 Å². The molecule has 0 aliphatic carbocycles. The van der Waals surface area contributed by atoms with Crippen molar-refractivity contribution in [1.29, 1.82) is 0 Å². The monoisotopic (exact) mass is 359 g/mol. The fraction of sp³-hybridized carbons (Fsp3) is 0.130. The molecular formula is C23H21NO3. The molecular weight excluding hydrogens is 338 g/mol. The van der Waals surface area contributed by atoms with Crippen molar-refractivity contribution in [1.82, 2.24) is 0 Å². The largest absolute Gasteiger partial charge is 0.426 e. The lowest BCUT2D eigenvalue weighted by Gasteiger charge is -2.10. The minimum Gasteiger partial charge on any atom is -0.426 e. The molecule has 0 saturated heterocycles. The summed E-state index contributed by atoms with van der Waals surface area (Å²) in [6.45, 7) is 1.46. The van der Waals surface area contributed by atoms with Gasteiger partial charge in [0, 0.05) is 19.0 Å². The number of carbonyl (C=O) groups excluding carboxylic acids is 2. The molecule has 0 aromatic heterocycles. The van der Waals surface area contributed by atoms with Gasteiger partial charge in [-0.05, 0) is 34.9 Å². The molecule has 27 heavy (non-hydrogen) atoms. The Hall–Kier alpha value is -3.40. The average molecular weight is 359 g/mol. The number of nitrogens with one attached hydrogen (secondary N) is 1. The number of esters is 1. The maximum Gasteiger partial charge on any atom is 0.315 e. The summed E-state index contributed by atoms with van der Waals surface area (Å²) in [5, 5.41) is 2.70. The molecule has 0 spiro atoms. The Kier molecular flexibility index (Phi) is 6.00. The van der Waals surface area contributed by atoms with Crippen molar-refractivity contribution in [2.75, 3.05) is 5.32 Å². The van der Waals surface area contributed by atoms with E-state index in [4.69, 9.17) is 4.74 Å². The second kappa shape index (κ2) is 8.81. The Morgan fingerprint density at radius 2 is 1.48 bits per heavy atom. The molecule has 0 saturated carbocycles. The van der Waals surface area contributed by atoms with Crippen LogP contribution in [0.2, 0.25) is 0 Å². The van der Waals surface area contributed by atoms with Crippen LogP contribution in [0.3, 0.4) is 0 Å². The standard InChI is InChI=1S/C23H21NO3/c1-17(25)24-21-13-11-19(12-14-21)16-23(26)27-22-10-6-5-9-20(22)15-18-7-3-2-4-8-18/h2-14H,15-16H2,1H3,(H,24,25). The van der Waals surface area contributed by atoms with Crippen LogP contribution in [0.25, 0.3) is 0 Å². The van der Waals surface area contributed by atoms with Crippen LogP contribution in [0.1, 0.15) is 23.6 Å². The van der Waals surface area contributed by atoms with Gasteiger partial charge in [-0.25, -0.2) is 0 Å². The summed E-state index contributed by atoms with van der Waals surface area (Å²) in [5.41, 5.74) is 3.66. The fourth-order valence-corrected chi connectivity index (χ4v) is 2.80. The Labute approximate surface area is 158 Å². The van der Waals surface area contributed by atoms with Crippen LogP contribution in [0, 0.1) is 0 Å². The fourth-order valence-electron chi connectivity index (χ4n) is 2.80. The second-order valence-electron chi connectivity index (χ2n) is 6.30. The molecule has 1 amide bonds. The average Bonchev–Trinajstić information content (AvgIpc) is 2.65. The van der Waals surface area contributed by atoms with E-state index in [0.29, 0.717) is 17.9 Å². The van der Waals surface area contributed by atoms with Gasteiger partial charge in [-0.2, -0.15) is 0 Å². The zero-order valence-corrected chi connectivity index (χ0v) is 15.1. The highest BCUT2D eigenvalue weighted by atomic mass is 16.5. The molecule has 4 heteroatoms. The maximum absolute atomic E-state index is 12.4. The molecule has 1 N–H and O–H groups in total. The summed E-state index contributed by atoms with van der Waals surface area (Å²) in [6.07, 6.45) is 0.871. The Morgan fingerprint density at radius 3 is 2.19 bits per heavy atom. The van der Waals surface area contributed by atoms with Gasteiger partial charge in [0.2, 0.25) is 5.91 Å². The van der Waals surface area contributed by atoms with Gasteiger partial charge >= 0.3 is 5.97 Å². The molecule has 3 aromatic rings. The van der Waals surface area contributed by atoms with Gasteiger partial charge in [-0.3, -0.25) is 9.59 Å². The lowest BCUT2D eigenvalue weighted by molar-refractivity contribution is -0.133. The van der Waals surface area contributed by atoms with Crippen molar-refractivity contribution in [2.24, 2.45) is 0 Å². The molecule has 136 valence electrons.